The third kappa shape index (κ3) is 2.63. The highest BCUT2D eigenvalue weighted by molar-refractivity contribution is 6.23. The predicted octanol–water partition coefficient (Wildman–Crippen LogP) is 4.92. The Balaban J connectivity index is 2.61. The Hall–Kier alpha value is -1.61. The van der Waals surface area contributed by atoms with Crippen LogP contribution in [0.5, 0.6) is 5.75 Å². The molecule has 0 aliphatic carbocycles. The summed E-state index contributed by atoms with van der Waals surface area (Å²) in [6, 6.07) is 7.34. The van der Waals surface area contributed by atoms with Crippen molar-refractivity contribution in [3.8, 4) is 5.75 Å². The minimum Gasteiger partial charge on any atom is -0.496 e. The lowest BCUT2D eigenvalue weighted by atomic mass is 9.94. The zero-order valence-corrected chi connectivity index (χ0v) is 12.3. The molecule has 0 amide bonds. The predicted molar refractivity (Wildman–Crippen MR) is 76.5 cm³/mol. The van der Waals surface area contributed by atoms with Gasteiger partial charge in [0.05, 0.1) is 18.1 Å². The maximum Gasteiger partial charge on any atom is 0.131 e. The average molecular weight is 297 g/mol. The zero-order chi connectivity index (χ0) is 14.9. The van der Waals surface area contributed by atoms with E-state index in [0.717, 1.165) is 0 Å². The summed E-state index contributed by atoms with van der Waals surface area (Å²) in [6.45, 7) is 3.52. The summed E-state index contributed by atoms with van der Waals surface area (Å²) in [4.78, 5) is 0. The van der Waals surface area contributed by atoms with E-state index in [1.165, 1.54) is 25.3 Å². The number of benzene rings is 2. The first-order valence-electron chi connectivity index (χ1n) is 6.18. The van der Waals surface area contributed by atoms with Gasteiger partial charge < -0.3 is 4.74 Å². The summed E-state index contributed by atoms with van der Waals surface area (Å²) < 4.78 is 32.6. The lowest BCUT2D eigenvalue weighted by Crippen LogP contribution is -2.05. The zero-order valence-electron chi connectivity index (χ0n) is 11.5. The third-order valence-corrected chi connectivity index (χ3v) is 3.73. The highest BCUT2D eigenvalue weighted by Crippen LogP contribution is 2.39. The summed E-state index contributed by atoms with van der Waals surface area (Å²) in [5.74, 6) is -0.381. The number of ether oxygens (including phenoxy) is 1. The van der Waals surface area contributed by atoms with Crippen LogP contribution in [0.15, 0.2) is 30.3 Å². The lowest BCUT2D eigenvalue weighted by Gasteiger charge is -2.19. The molecule has 0 fully saturated rings. The minimum atomic E-state index is -0.730. The van der Waals surface area contributed by atoms with Gasteiger partial charge in [-0.05, 0) is 54.8 Å². The van der Waals surface area contributed by atoms with Crippen molar-refractivity contribution >= 4 is 11.6 Å². The number of rotatable bonds is 3. The molecular formula is C16H15ClF2O. The van der Waals surface area contributed by atoms with Crippen LogP contribution in [-0.2, 0) is 0 Å². The van der Waals surface area contributed by atoms with E-state index in [1.54, 1.807) is 26.0 Å². The molecule has 0 radical (unpaired) electrons. The molecule has 0 aliphatic heterocycles. The van der Waals surface area contributed by atoms with Crippen LogP contribution in [-0.4, -0.2) is 7.11 Å². The monoisotopic (exact) mass is 296 g/mol. The summed E-state index contributed by atoms with van der Waals surface area (Å²) >= 11 is 6.44. The van der Waals surface area contributed by atoms with Crippen LogP contribution in [0, 0.1) is 25.5 Å². The molecule has 0 aliphatic rings. The Labute approximate surface area is 122 Å². The van der Waals surface area contributed by atoms with Crippen LogP contribution in [0.4, 0.5) is 8.78 Å². The molecule has 1 atom stereocenters. The van der Waals surface area contributed by atoms with Crippen molar-refractivity contribution in [3.05, 3.63) is 64.2 Å². The van der Waals surface area contributed by atoms with Crippen molar-refractivity contribution in [3.63, 3.8) is 0 Å². The Morgan fingerprint density at radius 2 is 1.65 bits per heavy atom. The van der Waals surface area contributed by atoms with Crippen molar-refractivity contribution in [1.82, 2.24) is 0 Å². The first-order valence-corrected chi connectivity index (χ1v) is 6.62. The molecule has 1 nitrogen and oxygen atoms in total. The van der Waals surface area contributed by atoms with E-state index in [4.69, 9.17) is 16.3 Å². The number of hydrogen-bond donors (Lipinski definition) is 0. The standard InChI is InChI=1S/C16H15ClF2O/c1-9-7-11(18)8-10(2)14(9)16(17)15-12(19)5-4-6-13(15)20-3/h4-8,16H,1-3H3. The highest BCUT2D eigenvalue weighted by Gasteiger charge is 2.23. The summed E-state index contributed by atoms with van der Waals surface area (Å²) in [5, 5.41) is -0.730. The Morgan fingerprint density at radius 3 is 2.20 bits per heavy atom. The van der Waals surface area contributed by atoms with Crippen molar-refractivity contribution in [1.29, 1.82) is 0 Å². The van der Waals surface area contributed by atoms with Gasteiger partial charge in [-0.25, -0.2) is 8.78 Å². The van der Waals surface area contributed by atoms with Gasteiger partial charge >= 0.3 is 0 Å². The lowest BCUT2D eigenvalue weighted by molar-refractivity contribution is 0.405. The first kappa shape index (κ1) is 14.8. The van der Waals surface area contributed by atoms with Crippen molar-refractivity contribution in [2.45, 2.75) is 19.2 Å². The molecule has 0 heterocycles. The van der Waals surface area contributed by atoms with Gasteiger partial charge in [0.25, 0.3) is 0 Å². The summed E-state index contributed by atoms with van der Waals surface area (Å²) in [6.07, 6.45) is 0. The number of aryl methyl sites for hydroxylation is 2. The van der Waals surface area contributed by atoms with Gasteiger partial charge in [0.15, 0.2) is 0 Å². The van der Waals surface area contributed by atoms with Crippen molar-refractivity contribution in [2.24, 2.45) is 0 Å². The van der Waals surface area contributed by atoms with Crippen molar-refractivity contribution in [2.75, 3.05) is 7.11 Å². The molecule has 1 unspecified atom stereocenters. The van der Waals surface area contributed by atoms with E-state index in [1.807, 2.05) is 0 Å². The third-order valence-electron chi connectivity index (χ3n) is 3.30. The fourth-order valence-electron chi connectivity index (χ4n) is 2.41. The van der Waals surface area contributed by atoms with Crippen LogP contribution in [0.2, 0.25) is 0 Å². The molecule has 4 heteroatoms. The van der Waals surface area contributed by atoms with E-state index in [9.17, 15) is 8.78 Å². The smallest absolute Gasteiger partial charge is 0.131 e. The molecule has 2 aromatic carbocycles. The van der Waals surface area contributed by atoms with Crippen LogP contribution in [0.25, 0.3) is 0 Å². The van der Waals surface area contributed by atoms with Gasteiger partial charge in [-0.15, -0.1) is 11.6 Å². The molecule has 2 aromatic rings. The van der Waals surface area contributed by atoms with E-state index >= 15 is 0 Å². The van der Waals surface area contributed by atoms with Gasteiger partial charge in [0.2, 0.25) is 0 Å². The second-order valence-electron chi connectivity index (χ2n) is 4.67. The Morgan fingerprint density at radius 1 is 1.05 bits per heavy atom. The van der Waals surface area contributed by atoms with Gasteiger partial charge in [0, 0.05) is 0 Å². The van der Waals surface area contributed by atoms with Crippen LogP contribution >= 0.6 is 11.6 Å². The maximum absolute atomic E-state index is 14.1. The van der Waals surface area contributed by atoms with Crippen LogP contribution in [0.3, 0.4) is 0 Å². The second-order valence-corrected chi connectivity index (χ2v) is 5.11. The normalized spacial score (nSPS) is 12.3. The maximum atomic E-state index is 14.1. The topological polar surface area (TPSA) is 9.23 Å². The number of halogens is 3. The molecule has 0 bridgehead atoms. The fraction of sp³-hybridized carbons (Fsp3) is 0.250. The summed E-state index contributed by atoms with van der Waals surface area (Å²) in [7, 11) is 1.46. The first-order chi connectivity index (χ1) is 9.45. The molecule has 2 rings (SSSR count). The number of methoxy groups -OCH3 is 1. The molecule has 106 valence electrons. The van der Waals surface area contributed by atoms with Crippen molar-refractivity contribution < 1.29 is 13.5 Å². The van der Waals surface area contributed by atoms with E-state index in [2.05, 4.69) is 0 Å². The van der Waals surface area contributed by atoms with Crippen LogP contribution < -0.4 is 4.74 Å². The molecule has 0 spiro atoms. The van der Waals surface area contributed by atoms with Crippen LogP contribution in [0.1, 0.15) is 27.6 Å². The molecule has 0 saturated carbocycles. The van der Waals surface area contributed by atoms with Gasteiger partial charge in [-0.2, -0.15) is 0 Å². The second kappa shape index (κ2) is 5.80. The van der Waals surface area contributed by atoms with Gasteiger partial charge in [-0.3, -0.25) is 0 Å². The molecular weight excluding hydrogens is 282 g/mol. The molecule has 0 aromatic heterocycles. The number of alkyl halides is 1. The Kier molecular flexibility index (Phi) is 4.29. The van der Waals surface area contributed by atoms with E-state index in [0.29, 0.717) is 22.4 Å². The highest BCUT2D eigenvalue weighted by atomic mass is 35.5. The average Bonchev–Trinajstić information content (AvgIpc) is 2.36. The molecule has 0 saturated heterocycles. The largest absolute Gasteiger partial charge is 0.496 e. The molecule has 20 heavy (non-hydrogen) atoms. The molecule has 0 N–H and O–H groups in total. The van der Waals surface area contributed by atoms with Gasteiger partial charge in [0.1, 0.15) is 17.4 Å². The minimum absolute atomic E-state index is 0.273. The van der Waals surface area contributed by atoms with E-state index in [-0.39, 0.29) is 11.4 Å². The SMILES string of the molecule is COc1cccc(F)c1C(Cl)c1c(C)cc(F)cc1C. The van der Waals surface area contributed by atoms with E-state index < -0.39 is 11.2 Å². The Bertz CT molecular complexity index is 617. The number of hydrogen-bond acceptors (Lipinski definition) is 1. The quantitative estimate of drug-likeness (QED) is 0.731. The fourth-order valence-corrected chi connectivity index (χ4v) is 2.96. The van der Waals surface area contributed by atoms with Gasteiger partial charge in [-0.1, -0.05) is 6.07 Å². The summed E-state index contributed by atoms with van der Waals surface area (Å²) in [5.41, 5.74) is 2.35.